The highest BCUT2D eigenvalue weighted by Crippen LogP contribution is 2.39. The van der Waals surface area contributed by atoms with Crippen LogP contribution in [-0.4, -0.2) is 29.2 Å². The van der Waals surface area contributed by atoms with Gasteiger partial charge in [0.2, 0.25) is 0 Å². The summed E-state index contributed by atoms with van der Waals surface area (Å²) in [6.45, 7) is 0.0882. The van der Waals surface area contributed by atoms with E-state index in [4.69, 9.17) is 5.11 Å². The molecule has 3 amide bonds. The highest BCUT2D eigenvalue weighted by Gasteiger charge is 2.54. The predicted octanol–water partition coefficient (Wildman–Crippen LogP) is -1.03. The maximum Gasteiger partial charge on any atom is 0.322 e. The Hall–Kier alpha value is -1.10. The molecule has 1 aliphatic carbocycles. The summed E-state index contributed by atoms with van der Waals surface area (Å²) in [4.78, 5) is 21.9. The Morgan fingerprint density at radius 3 is 2.58 bits per heavy atom. The van der Waals surface area contributed by atoms with Gasteiger partial charge in [-0.15, -0.1) is 0 Å². The molecule has 0 atom stereocenters. The van der Waals surface area contributed by atoms with Gasteiger partial charge >= 0.3 is 6.03 Å². The molecule has 0 aromatic rings. The fourth-order valence-electron chi connectivity index (χ4n) is 1.87. The zero-order valence-electron chi connectivity index (χ0n) is 6.46. The minimum absolute atomic E-state index is 0.0882. The van der Waals surface area contributed by atoms with Crippen LogP contribution >= 0.6 is 0 Å². The molecule has 0 aromatic heterocycles. The van der Waals surface area contributed by atoms with E-state index >= 15 is 0 Å². The molecule has 5 heteroatoms. The van der Waals surface area contributed by atoms with Gasteiger partial charge in [0.05, 0.1) is 0 Å². The normalized spacial score (nSPS) is 39.2. The van der Waals surface area contributed by atoms with Crippen LogP contribution in [0.15, 0.2) is 0 Å². The van der Waals surface area contributed by atoms with Crippen LogP contribution in [0.1, 0.15) is 12.8 Å². The first-order chi connectivity index (χ1) is 5.66. The van der Waals surface area contributed by atoms with E-state index in [0.29, 0.717) is 12.8 Å². The molecule has 0 radical (unpaired) electrons. The van der Waals surface area contributed by atoms with Gasteiger partial charge in [-0.05, 0) is 18.8 Å². The fourth-order valence-corrected chi connectivity index (χ4v) is 1.87. The Morgan fingerprint density at radius 1 is 1.50 bits per heavy atom. The minimum Gasteiger partial charge on any atom is -0.396 e. The number of hydrogen-bond acceptors (Lipinski definition) is 3. The van der Waals surface area contributed by atoms with E-state index in [1.54, 1.807) is 0 Å². The molecule has 1 saturated heterocycles. The van der Waals surface area contributed by atoms with Crippen LogP contribution in [0.4, 0.5) is 4.79 Å². The van der Waals surface area contributed by atoms with Crippen molar-refractivity contribution < 1.29 is 14.7 Å². The summed E-state index contributed by atoms with van der Waals surface area (Å²) in [5.41, 5.74) is -0.690. The van der Waals surface area contributed by atoms with E-state index < -0.39 is 11.6 Å². The van der Waals surface area contributed by atoms with Crippen LogP contribution in [0.25, 0.3) is 0 Å². The van der Waals surface area contributed by atoms with Gasteiger partial charge in [0.15, 0.2) is 0 Å². The van der Waals surface area contributed by atoms with Crippen molar-refractivity contribution in [3.63, 3.8) is 0 Å². The van der Waals surface area contributed by atoms with Gasteiger partial charge in [0.25, 0.3) is 5.91 Å². The van der Waals surface area contributed by atoms with Crippen molar-refractivity contribution in [2.45, 2.75) is 18.4 Å². The molecule has 1 heterocycles. The molecule has 0 unspecified atom stereocenters. The quantitative estimate of drug-likeness (QED) is 0.440. The third-order valence-electron chi connectivity index (χ3n) is 2.55. The average Bonchev–Trinajstić information content (AvgIpc) is 2.22. The topological polar surface area (TPSA) is 78.4 Å². The first kappa shape index (κ1) is 7.54. The van der Waals surface area contributed by atoms with Crippen molar-refractivity contribution in [1.82, 2.24) is 10.6 Å². The van der Waals surface area contributed by atoms with Crippen molar-refractivity contribution >= 4 is 11.9 Å². The van der Waals surface area contributed by atoms with Gasteiger partial charge in [0.1, 0.15) is 5.54 Å². The van der Waals surface area contributed by atoms with Crippen molar-refractivity contribution in [2.75, 3.05) is 6.61 Å². The molecule has 2 fully saturated rings. The molecule has 1 spiro atoms. The van der Waals surface area contributed by atoms with Crippen LogP contribution in [-0.2, 0) is 4.79 Å². The van der Waals surface area contributed by atoms with Gasteiger partial charge in [-0.2, -0.15) is 0 Å². The Labute approximate surface area is 69.1 Å². The number of carbonyl (C=O) groups excluding carboxylic acids is 2. The number of rotatable bonds is 1. The lowest BCUT2D eigenvalue weighted by Gasteiger charge is -2.41. The zero-order chi connectivity index (χ0) is 8.77. The van der Waals surface area contributed by atoms with E-state index in [-0.39, 0.29) is 18.4 Å². The summed E-state index contributed by atoms with van der Waals surface area (Å²) < 4.78 is 0. The molecule has 2 aliphatic rings. The predicted molar refractivity (Wildman–Crippen MR) is 39.2 cm³/mol. The standard InChI is InChI=1S/C7H10N2O3/c10-3-4-1-7(2-4)5(11)8-6(12)9-7/h4,10H,1-3H2,(H2,8,9,11,12). The summed E-state index contributed by atoms with van der Waals surface area (Å²) in [7, 11) is 0. The van der Waals surface area contributed by atoms with Crippen molar-refractivity contribution in [1.29, 1.82) is 0 Å². The van der Waals surface area contributed by atoms with E-state index in [2.05, 4.69) is 10.6 Å². The third kappa shape index (κ3) is 0.828. The van der Waals surface area contributed by atoms with Gasteiger partial charge in [-0.1, -0.05) is 0 Å². The van der Waals surface area contributed by atoms with Gasteiger partial charge in [0, 0.05) is 6.61 Å². The van der Waals surface area contributed by atoms with E-state index in [9.17, 15) is 9.59 Å². The molecular weight excluding hydrogens is 160 g/mol. The lowest BCUT2D eigenvalue weighted by atomic mass is 9.69. The fraction of sp³-hybridized carbons (Fsp3) is 0.714. The number of urea groups is 1. The SMILES string of the molecule is O=C1NC(=O)C2(CC(CO)C2)N1. The first-order valence-electron chi connectivity index (χ1n) is 3.91. The summed E-state index contributed by atoms with van der Waals surface area (Å²) >= 11 is 0. The average molecular weight is 170 g/mol. The van der Waals surface area contributed by atoms with Gasteiger partial charge in [-0.3, -0.25) is 10.1 Å². The highest BCUT2D eigenvalue weighted by atomic mass is 16.3. The molecule has 5 nitrogen and oxygen atoms in total. The number of hydrogen-bond donors (Lipinski definition) is 3. The summed E-state index contributed by atoms with van der Waals surface area (Å²) in [5, 5.41) is 13.5. The van der Waals surface area contributed by atoms with Crippen LogP contribution in [0, 0.1) is 5.92 Å². The molecule has 0 aromatic carbocycles. The number of aliphatic hydroxyl groups excluding tert-OH is 1. The molecule has 3 N–H and O–H groups in total. The number of aliphatic hydroxyl groups is 1. The Bertz CT molecular complexity index is 245. The van der Waals surface area contributed by atoms with Crippen molar-refractivity contribution in [3.8, 4) is 0 Å². The van der Waals surface area contributed by atoms with E-state index in [1.165, 1.54) is 0 Å². The van der Waals surface area contributed by atoms with Crippen LogP contribution < -0.4 is 10.6 Å². The van der Waals surface area contributed by atoms with Crippen molar-refractivity contribution in [2.24, 2.45) is 5.92 Å². The smallest absolute Gasteiger partial charge is 0.322 e. The lowest BCUT2D eigenvalue weighted by molar-refractivity contribution is -0.129. The van der Waals surface area contributed by atoms with Gasteiger partial charge < -0.3 is 10.4 Å². The van der Waals surface area contributed by atoms with Gasteiger partial charge in [-0.25, -0.2) is 4.79 Å². The minimum atomic E-state index is -0.690. The number of nitrogens with one attached hydrogen (secondary N) is 2. The second-order valence-corrected chi connectivity index (χ2v) is 3.45. The maximum atomic E-state index is 11.2. The Balaban J connectivity index is 2.06. The molecule has 1 aliphatic heterocycles. The first-order valence-corrected chi connectivity index (χ1v) is 3.91. The number of carbonyl (C=O) groups is 2. The second kappa shape index (κ2) is 2.20. The monoisotopic (exact) mass is 170 g/mol. The highest BCUT2D eigenvalue weighted by molar-refractivity contribution is 6.07. The van der Waals surface area contributed by atoms with Crippen LogP contribution in [0.3, 0.4) is 0 Å². The molecule has 0 bridgehead atoms. The largest absolute Gasteiger partial charge is 0.396 e. The molecule has 2 rings (SSSR count). The molecule has 66 valence electrons. The summed E-state index contributed by atoms with van der Waals surface area (Å²) in [6, 6.07) is -0.420. The van der Waals surface area contributed by atoms with Crippen LogP contribution in [0.2, 0.25) is 0 Å². The third-order valence-corrected chi connectivity index (χ3v) is 2.55. The van der Waals surface area contributed by atoms with E-state index in [1.807, 2.05) is 0 Å². The number of amides is 3. The van der Waals surface area contributed by atoms with Crippen molar-refractivity contribution in [3.05, 3.63) is 0 Å². The second-order valence-electron chi connectivity index (χ2n) is 3.45. The maximum absolute atomic E-state index is 11.2. The number of imide groups is 1. The Morgan fingerprint density at radius 2 is 2.17 bits per heavy atom. The summed E-state index contributed by atoms with van der Waals surface area (Å²) in [6.07, 6.45) is 1.11. The lowest BCUT2D eigenvalue weighted by Crippen LogP contribution is -2.57. The van der Waals surface area contributed by atoms with E-state index in [0.717, 1.165) is 0 Å². The van der Waals surface area contributed by atoms with Crippen LogP contribution in [0.5, 0.6) is 0 Å². The zero-order valence-corrected chi connectivity index (χ0v) is 6.46. The molecule has 1 saturated carbocycles. The summed E-state index contributed by atoms with van der Waals surface area (Å²) in [5.74, 6) is -0.0913. The Kier molecular flexibility index (Phi) is 1.38. The molecule has 12 heavy (non-hydrogen) atoms. The molecular formula is C7H10N2O3.